The van der Waals surface area contributed by atoms with Gasteiger partial charge in [0.1, 0.15) is 0 Å². The first-order chi connectivity index (χ1) is 11.6. The Morgan fingerprint density at radius 3 is 3.00 bits per heavy atom. The van der Waals surface area contributed by atoms with Gasteiger partial charge >= 0.3 is 0 Å². The molecule has 1 saturated heterocycles. The van der Waals surface area contributed by atoms with Gasteiger partial charge in [-0.2, -0.15) is 0 Å². The lowest BCUT2D eigenvalue weighted by Crippen LogP contribution is -2.61. The summed E-state index contributed by atoms with van der Waals surface area (Å²) in [4.78, 5) is 21.2. The van der Waals surface area contributed by atoms with Crippen molar-refractivity contribution in [3.63, 3.8) is 0 Å². The quantitative estimate of drug-likeness (QED) is 0.634. The van der Waals surface area contributed by atoms with Crippen LogP contribution in [0.2, 0.25) is 0 Å². The number of piperidine rings is 1. The third kappa shape index (κ3) is 2.62. The summed E-state index contributed by atoms with van der Waals surface area (Å²) in [5.74, 6) is -0.490. The number of pyridine rings is 1. The molecule has 1 amide bonds. The van der Waals surface area contributed by atoms with Crippen LogP contribution in [-0.2, 0) is 13.0 Å². The molecule has 6 nitrogen and oxygen atoms in total. The molecule has 24 heavy (non-hydrogen) atoms. The van der Waals surface area contributed by atoms with Crippen LogP contribution in [0.25, 0.3) is 0 Å². The predicted octanol–water partition coefficient (Wildman–Crippen LogP) is 1.43. The van der Waals surface area contributed by atoms with Gasteiger partial charge in [-0.25, -0.2) is 5.48 Å². The summed E-state index contributed by atoms with van der Waals surface area (Å²) >= 11 is 0. The van der Waals surface area contributed by atoms with Crippen LogP contribution in [0.1, 0.15) is 47.3 Å². The van der Waals surface area contributed by atoms with Crippen LogP contribution in [-0.4, -0.2) is 58.6 Å². The van der Waals surface area contributed by atoms with E-state index in [4.69, 9.17) is 5.21 Å². The van der Waals surface area contributed by atoms with Gasteiger partial charge in [-0.05, 0) is 62.7 Å². The van der Waals surface area contributed by atoms with E-state index in [2.05, 4.69) is 21.8 Å². The molecule has 0 unspecified atom stereocenters. The minimum Gasteiger partial charge on any atom is -0.306 e. The average Bonchev–Trinajstić information content (AvgIpc) is 2.59. The number of hydrogen-bond acceptors (Lipinski definition) is 5. The van der Waals surface area contributed by atoms with Crippen LogP contribution >= 0.6 is 0 Å². The molecule has 0 bridgehead atoms. The largest absolute Gasteiger partial charge is 0.306 e. The third-order valence-electron chi connectivity index (χ3n) is 6.31. The Bertz CT molecular complexity index is 650. The lowest BCUT2D eigenvalue weighted by Gasteiger charge is -2.58. The molecule has 1 spiro atoms. The fourth-order valence-electron chi connectivity index (χ4n) is 5.01. The van der Waals surface area contributed by atoms with Crippen molar-refractivity contribution in [3.8, 4) is 0 Å². The number of hydrogen-bond donors (Lipinski definition) is 2. The van der Waals surface area contributed by atoms with Crippen LogP contribution in [0, 0.1) is 5.41 Å². The molecule has 4 rings (SSSR count). The molecule has 2 aliphatic heterocycles. The number of nitrogens with one attached hydrogen (secondary N) is 1. The SMILES string of the molecule is CN1CCC[C@]2(CC[C@@H]2N2CCc3cc(C(=O)NO)cnc3C2)C1. The van der Waals surface area contributed by atoms with Gasteiger partial charge in [0.25, 0.3) is 5.91 Å². The maximum Gasteiger partial charge on any atom is 0.276 e. The van der Waals surface area contributed by atoms with Crippen LogP contribution < -0.4 is 5.48 Å². The lowest BCUT2D eigenvalue weighted by atomic mass is 9.59. The van der Waals surface area contributed by atoms with E-state index in [1.165, 1.54) is 38.8 Å². The van der Waals surface area contributed by atoms with Crippen molar-refractivity contribution < 1.29 is 10.0 Å². The standard InChI is InChI=1S/C18H26N4O2/c1-21-7-2-5-18(12-21)6-3-16(18)22-8-4-13-9-14(17(23)20-24)10-19-15(13)11-22/h9-10,16,24H,2-8,11-12H2,1H3,(H,20,23)/t16-,18-/m0/s1. The number of rotatable bonds is 2. The van der Waals surface area contributed by atoms with Crippen LogP contribution in [0.5, 0.6) is 0 Å². The lowest BCUT2D eigenvalue weighted by molar-refractivity contribution is -0.0754. The summed E-state index contributed by atoms with van der Waals surface area (Å²) in [5.41, 5.74) is 4.82. The molecule has 2 N–H and O–H groups in total. The van der Waals surface area contributed by atoms with E-state index in [9.17, 15) is 4.79 Å². The zero-order valence-electron chi connectivity index (χ0n) is 14.3. The van der Waals surface area contributed by atoms with Crippen molar-refractivity contribution in [1.82, 2.24) is 20.3 Å². The van der Waals surface area contributed by atoms with Gasteiger partial charge in [0.2, 0.25) is 0 Å². The molecule has 0 aromatic carbocycles. The fraction of sp³-hybridized carbons (Fsp3) is 0.667. The highest BCUT2D eigenvalue weighted by Gasteiger charge is 2.51. The normalized spacial score (nSPS) is 30.7. The number of fused-ring (bicyclic) bond motifs is 1. The van der Waals surface area contributed by atoms with Gasteiger partial charge in [0.05, 0.1) is 11.3 Å². The second-order valence-corrected chi connectivity index (χ2v) is 7.75. The average molecular weight is 330 g/mol. The number of carbonyl (C=O) groups is 1. The second kappa shape index (κ2) is 6.10. The smallest absolute Gasteiger partial charge is 0.276 e. The zero-order valence-corrected chi connectivity index (χ0v) is 14.3. The Morgan fingerprint density at radius 2 is 2.29 bits per heavy atom. The first-order valence-corrected chi connectivity index (χ1v) is 8.96. The molecular formula is C18H26N4O2. The van der Waals surface area contributed by atoms with E-state index in [0.717, 1.165) is 30.8 Å². The minimum absolute atomic E-state index is 0.429. The van der Waals surface area contributed by atoms with E-state index in [1.54, 1.807) is 11.7 Å². The highest BCUT2D eigenvalue weighted by Crippen LogP contribution is 2.50. The number of aromatic nitrogens is 1. The molecule has 130 valence electrons. The van der Waals surface area contributed by atoms with Crippen molar-refractivity contribution in [2.45, 2.75) is 44.7 Å². The fourth-order valence-corrected chi connectivity index (χ4v) is 5.01. The molecule has 2 atom stereocenters. The first kappa shape index (κ1) is 16.0. The molecule has 1 aromatic rings. The third-order valence-corrected chi connectivity index (χ3v) is 6.31. The van der Waals surface area contributed by atoms with Gasteiger partial charge < -0.3 is 4.90 Å². The highest BCUT2D eigenvalue weighted by atomic mass is 16.5. The summed E-state index contributed by atoms with van der Waals surface area (Å²) in [5, 5.41) is 8.77. The van der Waals surface area contributed by atoms with Crippen molar-refractivity contribution in [1.29, 1.82) is 0 Å². The van der Waals surface area contributed by atoms with E-state index < -0.39 is 5.91 Å². The summed E-state index contributed by atoms with van der Waals surface area (Å²) in [6, 6.07) is 2.55. The first-order valence-electron chi connectivity index (χ1n) is 8.96. The van der Waals surface area contributed by atoms with Crippen LogP contribution in [0.15, 0.2) is 12.3 Å². The number of carbonyl (C=O) groups excluding carboxylic acids is 1. The molecule has 1 saturated carbocycles. The van der Waals surface area contributed by atoms with Gasteiger partial charge in [0, 0.05) is 31.9 Å². The molecule has 1 aliphatic carbocycles. The molecule has 6 heteroatoms. The highest BCUT2D eigenvalue weighted by molar-refractivity contribution is 5.93. The molecule has 3 aliphatic rings. The summed E-state index contributed by atoms with van der Waals surface area (Å²) in [6.45, 7) is 4.38. The van der Waals surface area contributed by atoms with Gasteiger partial charge in [-0.1, -0.05) is 0 Å². The monoisotopic (exact) mass is 330 g/mol. The number of hydroxylamine groups is 1. The Morgan fingerprint density at radius 1 is 1.42 bits per heavy atom. The molecule has 2 fully saturated rings. The maximum absolute atomic E-state index is 11.5. The van der Waals surface area contributed by atoms with E-state index in [0.29, 0.717) is 17.0 Å². The molecular weight excluding hydrogens is 304 g/mol. The van der Waals surface area contributed by atoms with Gasteiger partial charge in [0.15, 0.2) is 0 Å². The molecule has 0 radical (unpaired) electrons. The Labute approximate surface area is 142 Å². The summed E-state index contributed by atoms with van der Waals surface area (Å²) < 4.78 is 0. The summed E-state index contributed by atoms with van der Waals surface area (Å²) in [6.07, 6.45) is 7.82. The Balaban J connectivity index is 1.49. The number of likely N-dealkylation sites (tertiary alicyclic amines) is 1. The van der Waals surface area contributed by atoms with E-state index >= 15 is 0 Å². The van der Waals surface area contributed by atoms with E-state index in [1.807, 2.05) is 6.07 Å². The summed E-state index contributed by atoms with van der Waals surface area (Å²) in [7, 11) is 2.25. The minimum atomic E-state index is -0.490. The predicted molar refractivity (Wildman–Crippen MR) is 89.8 cm³/mol. The number of amides is 1. The van der Waals surface area contributed by atoms with Gasteiger partial charge in [-0.15, -0.1) is 0 Å². The van der Waals surface area contributed by atoms with Crippen LogP contribution in [0.3, 0.4) is 0 Å². The Kier molecular flexibility index (Phi) is 4.06. The van der Waals surface area contributed by atoms with Crippen molar-refractivity contribution in [2.75, 3.05) is 26.7 Å². The van der Waals surface area contributed by atoms with Crippen LogP contribution in [0.4, 0.5) is 0 Å². The second-order valence-electron chi connectivity index (χ2n) is 7.75. The molecule has 3 heterocycles. The van der Waals surface area contributed by atoms with Gasteiger partial charge in [-0.3, -0.25) is 19.9 Å². The van der Waals surface area contributed by atoms with Crippen molar-refractivity contribution in [3.05, 3.63) is 29.1 Å². The maximum atomic E-state index is 11.5. The molecule has 1 aromatic heterocycles. The topological polar surface area (TPSA) is 68.7 Å². The Hall–Kier alpha value is -1.50. The number of nitrogens with zero attached hydrogens (tertiary/aromatic N) is 3. The van der Waals surface area contributed by atoms with Crippen molar-refractivity contribution >= 4 is 5.91 Å². The van der Waals surface area contributed by atoms with E-state index in [-0.39, 0.29) is 0 Å². The zero-order chi connectivity index (χ0) is 16.7. The van der Waals surface area contributed by atoms with Crippen molar-refractivity contribution in [2.24, 2.45) is 5.41 Å².